The van der Waals surface area contributed by atoms with E-state index in [1.54, 1.807) is 0 Å². The highest BCUT2D eigenvalue weighted by Gasteiger charge is 2.36. The molecule has 1 heterocycles. The van der Waals surface area contributed by atoms with Gasteiger partial charge >= 0.3 is 0 Å². The molecule has 7 atom stereocenters. The van der Waals surface area contributed by atoms with Crippen LogP contribution in [0, 0.1) is 11.8 Å². The van der Waals surface area contributed by atoms with Gasteiger partial charge in [-0.15, -0.1) is 0 Å². The molecule has 0 spiro atoms. The zero-order valence-corrected chi connectivity index (χ0v) is 42.9. The van der Waals surface area contributed by atoms with Crippen LogP contribution in [-0.2, 0) is 44.8 Å². The molecule has 0 aromatic heterocycles. The van der Waals surface area contributed by atoms with E-state index in [2.05, 4.69) is 28.2 Å². The Morgan fingerprint density at radius 3 is 1.93 bits per heavy atom. The first-order valence-corrected chi connectivity index (χ1v) is 25.4. The van der Waals surface area contributed by atoms with Crippen molar-refractivity contribution in [2.45, 2.75) is 167 Å². The summed E-state index contributed by atoms with van der Waals surface area (Å²) in [5.41, 5.74) is 0.861. The number of carbonyl (C=O) groups is 8. The van der Waals surface area contributed by atoms with Gasteiger partial charge in [-0.25, -0.2) is 0 Å². The molecule has 0 saturated heterocycles. The van der Waals surface area contributed by atoms with Crippen LogP contribution in [0.3, 0.4) is 0 Å². The second-order valence-electron chi connectivity index (χ2n) is 19.2. The van der Waals surface area contributed by atoms with Crippen LogP contribution < -0.4 is 21.3 Å². The van der Waals surface area contributed by atoms with E-state index in [-0.39, 0.29) is 53.4 Å². The second kappa shape index (κ2) is 30.1. The molecule has 2 aromatic carbocycles. The molecule has 0 aliphatic carbocycles. The standard InChI is InChI=1S/C53H80N6O12/c1-8-9-10-11-12-13-14-15-16-17-18-19-20-21-47(66)58(6)41(32-60)51(69)56-35(4)44(63)27-34(3)53(71)59(7)48-37-23-25-43(62)39(30-37)38-28-36(22-24-42(38)61)29-40(57-49(67)33(2)26-45(48)64)50(68)55-31-46(65)52(70)54-5/h22-25,28,30,33-35,40-41,46,48,60-62,65H,8-21,26-27,29,31-32H2,1-7H3,(H,54,70)(H,55,68)(H,56,69)(H,57,67)/t33-,34-,35-,40+,41-,46?,48+/m1/s1. The average molecular weight is 993 g/mol. The number of aliphatic hydroxyl groups is 2. The first-order chi connectivity index (χ1) is 33.7. The number of rotatable bonds is 27. The summed E-state index contributed by atoms with van der Waals surface area (Å²) in [5.74, 6) is -7.63. The number of benzene rings is 2. The summed E-state index contributed by atoms with van der Waals surface area (Å²) in [6.07, 6.45) is 12.8. The summed E-state index contributed by atoms with van der Waals surface area (Å²) in [6, 6.07) is 3.50. The number of phenolic OH excluding ortho intramolecular Hbond substituents is 2. The molecule has 1 aliphatic rings. The molecule has 18 nitrogen and oxygen atoms in total. The van der Waals surface area contributed by atoms with Crippen molar-refractivity contribution in [1.29, 1.82) is 0 Å². The minimum Gasteiger partial charge on any atom is -0.507 e. The third kappa shape index (κ3) is 18.4. The molecule has 2 aromatic rings. The monoisotopic (exact) mass is 993 g/mol. The number of fused-ring (bicyclic) bond motifs is 5. The minimum absolute atomic E-state index is 0.0882. The molecule has 8 N–H and O–H groups in total. The van der Waals surface area contributed by atoms with Crippen LogP contribution in [0.4, 0.5) is 0 Å². The third-order valence-electron chi connectivity index (χ3n) is 13.4. The van der Waals surface area contributed by atoms with Crippen molar-refractivity contribution < 1.29 is 58.8 Å². The van der Waals surface area contributed by atoms with Crippen LogP contribution in [0.1, 0.15) is 148 Å². The van der Waals surface area contributed by atoms with E-state index in [1.807, 2.05) is 0 Å². The number of aromatic hydroxyl groups is 2. The highest BCUT2D eigenvalue weighted by Crippen LogP contribution is 2.39. The topological polar surface area (TPSA) is 272 Å². The highest BCUT2D eigenvalue weighted by atomic mass is 16.3. The Bertz CT molecular complexity index is 2130. The highest BCUT2D eigenvalue weighted by molar-refractivity contribution is 5.97. The number of nitrogens with zero attached hydrogens (tertiary/aromatic N) is 2. The predicted octanol–water partition coefficient (Wildman–Crippen LogP) is 4.52. The van der Waals surface area contributed by atoms with E-state index >= 15 is 0 Å². The Balaban J connectivity index is 1.69. The number of phenols is 2. The van der Waals surface area contributed by atoms with E-state index < -0.39 is 103 Å². The Morgan fingerprint density at radius 2 is 1.35 bits per heavy atom. The predicted molar refractivity (Wildman–Crippen MR) is 269 cm³/mol. The van der Waals surface area contributed by atoms with Gasteiger partial charge in [0.1, 0.15) is 35.7 Å². The Morgan fingerprint density at radius 1 is 0.789 bits per heavy atom. The maximum absolute atomic E-state index is 14.4. The first-order valence-electron chi connectivity index (χ1n) is 25.4. The van der Waals surface area contributed by atoms with Crippen LogP contribution >= 0.6 is 0 Å². The summed E-state index contributed by atoms with van der Waals surface area (Å²) in [7, 11) is 4.11. The van der Waals surface area contributed by atoms with Gasteiger partial charge in [0.25, 0.3) is 0 Å². The van der Waals surface area contributed by atoms with Gasteiger partial charge in [0.2, 0.25) is 35.4 Å². The van der Waals surface area contributed by atoms with Crippen molar-refractivity contribution in [2.24, 2.45) is 11.8 Å². The van der Waals surface area contributed by atoms with Gasteiger partial charge in [-0.2, -0.15) is 0 Å². The number of likely N-dealkylation sites (N-methyl/N-ethyl adjacent to an activating group) is 3. The maximum Gasteiger partial charge on any atom is 0.250 e. The van der Waals surface area contributed by atoms with Crippen LogP contribution in [0.15, 0.2) is 36.4 Å². The maximum atomic E-state index is 14.4. The first kappa shape index (κ1) is 59.4. The molecule has 71 heavy (non-hydrogen) atoms. The number of hydrogen-bond donors (Lipinski definition) is 8. The molecule has 1 unspecified atom stereocenters. The molecule has 0 radical (unpaired) electrons. The lowest BCUT2D eigenvalue weighted by atomic mass is 9.89. The molecular weight excluding hydrogens is 913 g/mol. The summed E-state index contributed by atoms with van der Waals surface area (Å²) in [5, 5.41) is 52.3. The quantitative estimate of drug-likeness (QED) is 0.0574. The zero-order chi connectivity index (χ0) is 52.8. The van der Waals surface area contributed by atoms with Gasteiger partial charge in [-0.3, -0.25) is 38.4 Å². The number of aliphatic hydroxyl groups excluding tert-OH is 2. The second-order valence-corrected chi connectivity index (χ2v) is 19.2. The van der Waals surface area contributed by atoms with Crippen molar-refractivity contribution in [2.75, 3.05) is 34.3 Å². The molecule has 0 saturated carbocycles. The molecule has 6 amide bonds. The molecule has 3 rings (SSSR count). The van der Waals surface area contributed by atoms with Gasteiger partial charge in [-0.1, -0.05) is 110 Å². The smallest absolute Gasteiger partial charge is 0.250 e. The van der Waals surface area contributed by atoms with E-state index in [1.165, 1.54) is 141 Å². The van der Waals surface area contributed by atoms with Crippen molar-refractivity contribution in [1.82, 2.24) is 31.1 Å². The SMILES string of the molecule is CCCCCCCCCCCCCCCC(=O)N(C)[C@H](CO)C(=O)N[C@H](C)C(=O)C[C@@H](C)C(=O)N(C)[C@@H]1C(=O)C[C@@H](C)C(=O)N[C@H](C(=O)NCC(O)C(=O)NC)Cc2ccc(O)c(c2)-c2cc1ccc2O. The van der Waals surface area contributed by atoms with Crippen molar-refractivity contribution in [3.8, 4) is 22.6 Å². The molecule has 0 fully saturated rings. The van der Waals surface area contributed by atoms with E-state index in [0.717, 1.165) is 24.2 Å². The fourth-order valence-electron chi connectivity index (χ4n) is 8.79. The van der Waals surface area contributed by atoms with Crippen LogP contribution in [-0.4, -0.2) is 136 Å². The normalized spacial score (nSPS) is 17.6. The number of ketones is 2. The Labute approximate surface area is 419 Å². The largest absolute Gasteiger partial charge is 0.507 e. The van der Waals surface area contributed by atoms with Gasteiger partial charge in [0.15, 0.2) is 11.6 Å². The van der Waals surface area contributed by atoms with Gasteiger partial charge in [0, 0.05) is 69.8 Å². The number of unbranched alkanes of at least 4 members (excludes halogenated alkanes) is 12. The average Bonchev–Trinajstić information content (AvgIpc) is 3.34. The summed E-state index contributed by atoms with van der Waals surface area (Å²) in [4.78, 5) is 110. The Kier molecular flexibility index (Phi) is 25.2. The van der Waals surface area contributed by atoms with Gasteiger partial charge in [0.05, 0.1) is 19.2 Å². The van der Waals surface area contributed by atoms with Crippen LogP contribution in [0.5, 0.6) is 11.5 Å². The fraction of sp³-hybridized carbons (Fsp3) is 0.623. The van der Waals surface area contributed by atoms with Crippen molar-refractivity contribution in [3.05, 3.63) is 47.5 Å². The number of hydrogen-bond acceptors (Lipinski definition) is 12. The molecule has 1 aliphatic heterocycles. The molecular formula is C53H80N6O12. The molecule has 18 heteroatoms. The summed E-state index contributed by atoms with van der Waals surface area (Å²) < 4.78 is 0. The zero-order valence-electron chi connectivity index (χ0n) is 42.9. The third-order valence-corrected chi connectivity index (χ3v) is 13.4. The Hall–Kier alpha value is -5.88. The number of nitrogens with one attached hydrogen (secondary N) is 4. The number of Topliss-reactive ketones (excluding diaryl/α,β-unsaturated/α-hetero) is 2. The van der Waals surface area contributed by atoms with Crippen molar-refractivity contribution in [3.63, 3.8) is 0 Å². The number of amides is 6. The van der Waals surface area contributed by atoms with Gasteiger partial charge < -0.3 is 51.5 Å². The van der Waals surface area contributed by atoms with Crippen LogP contribution in [0.2, 0.25) is 0 Å². The van der Waals surface area contributed by atoms with E-state index in [4.69, 9.17) is 0 Å². The summed E-state index contributed by atoms with van der Waals surface area (Å²) >= 11 is 0. The van der Waals surface area contributed by atoms with Crippen LogP contribution in [0.25, 0.3) is 11.1 Å². The van der Waals surface area contributed by atoms with Crippen molar-refractivity contribution >= 4 is 47.0 Å². The van der Waals surface area contributed by atoms with E-state index in [9.17, 15) is 58.8 Å². The lowest BCUT2D eigenvalue weighted by molar-refractivity contribution is -0.143. The lowest BCUT2D eigenvalue weighted by Crippen LogP contribution is -2.53. The summed E-state index contributed by atoms with van der Waals surface area (Å²) in [6.45, 7) is 5.47. The minimum atomic E-state index is -1.58. The van der Waals surface area contributed by atoms with E-state index in [0.29, 0.717) is 12.0 Å². The fourth-order valence-corrected chi connectivity index (χ4v) is 8.79. The molecule has 4 bridgehead atoms. The van der Waals surface area contributed by atoms with Gasteiger partial charge in [-0.05, 0) is 48.7 Å². The lowest BCUT2D eigenvalue weighted by Gasteiger charge is -2.31. The molecule has 394 valence electrons. The number of carbonyl (C=O) groups excluding carboxylic acids is 8.